The van der Waals surface area contributed by atoms with E-state index in [1.165, 1.54) is 11.1 Å². The second-order valence-electron chi connectivity index (χ2n) is 5.64. The minimum absolute atomic E-state index is 0.153. The second-order valence-corrected chi connectivity index (χ2v) is 5.64. The fraction of sp³-hybridized carbons (Fsp3) is 0.312. The van der Waals surface area contributed by atoms with Gasteiger partial charge in [-0.3, -0.25) is 9.89 Å². The number of hydrogen-bond donors (Lipinski definition) is 1. The number of rotatable bonds is 1. The van der Waals surface area contributed by atoms with Crippen LogP contribution < -0.4 is 5.56 Å². The zero-order chi connectivity index (χ0) is 14.4. The normalized spacial score (nSPS) is 14.3. The predicted molar refractivity (Wildman–Crippen MR) is 80.0 cm³/mol. The first-order valence-electron chi connectivity index (χ1n) is 7.30. The standard InChI is InChI=1S/C16H16N4O/c1-10-5-4-6-11(9-10)20-16(21)15-14(19-20)12-7-2-3-8-13(12)17-18-15/h4-6,9,17H,2-3,7-8H2,1H3. The highest BCUT2D eigenvalue weighted by atomic mass is 16.1. The molecule has 0 saturated carbocycles. The molecule has 0 unspecified atom stereocenters. The van der Waals surface area contributed by atoms with Gasteiger partial charge in [0.1, 0.15) is 5.69 Å². The van der Waals surface area contributed by atoms with Gasteiger partial charge in [-0.25, -0.2) is 0 Å². The summed E-state index contributed by atoms with van der Waals surface area (Å²) in [6.45, 7) is 2.01. The molecular weight excluding hydrogens is 264 g/mol. The maximum atomic E-state index is 12.5. The van der Waals surface area contributed by atoms with E-state index in [2.05, 4.69) is 15.3 Å². The maximum absolute atomic E-state index is 12.5. The van der Waals surface area contributed by atoms with Gasteiger partial charge in [-0.1, -0.05) is 12.1 Å². The van der Waals surface area contributed by atoms with Crippen LogP contribution in [0.1, 0.15) is 29.7 Å². The Bertz CT molecular complexity index is 846. The molecule has 1 aromatic rings. The fourth-order valence-corrected chi connectivity index (χ4v) is 3.05. The SMILES string of the molecule is Cc1cccc(-n2nc3c4c([nH]nc-3c2=O)CCCC4)c1. The average molecular weight is 280 g/mol. The van der Waals surface area contributed by atoms with Gasteiger partial charge in [-0.15, -0.1) is 0 Å². The Morgan fingerprint density at radius 2 is 2.05 bits per heavy atom. The number of aromatic nitrogens is 4. The lowest BCUT2D eigenvalue weighted by molar-refractivity contribution is 0.653. The van der Waals surface area contributed by atoms with Crippen LogP contribution in [0.3, 0.4) is 0 Å². The van der Waals surface area contributed by atoms with E-state index in [1.807, 2.05) is 31.2 Å². The summed E-state index contributed by atoms with van der Waals surface area (Å²) in [4.78, 5) is 12.5. The molecule has 0 amide bonds. The highest BCUT2D eigenvalue weighted by Crippen LogP contribution is 2.27. The van der Waals surface area contributed by atoms with Crippen LogP contribution in [0.2, 0.25) is 0 Å². The summed E-state index contributed by atoms with van der Waals surface area (Å²) in [5.74, 6) is 0. The van der Waals surface area contributed by atoms with E-state index in [1.54, 1.807) is 0 Å². The maximum Gasteiger partial charge on any atom is 0.301 e. The van der Waals surface area contributed by atoms with Crippen molar-refractivity contribution >= 4 is 0 Å². The molecule has 0 radical (unpaired) electrons. The van der Waals surface area contributed by atoms with Gasteiger partial charge in [-0.2, -0.15) is 14.9 Å². The summed E-state index contributed by atoms with van der Waals surface area (Å²) >= 11 is 0. The summed E-state index contributed by atoms with van der Waals surface area (Å²) in [6.07, 6.45) is 4.27. The van der Waals surface area contributed by atoms with Crippen molar-refractivity contribution in [1.82, 2.24) is 20.0 Å². The van der Waals surface area contributed by atoms with Gasteiger partial charge in [0.05, 0.1) is 5.69 Å². The minimum atomic E-state index is -0.153. The molecule has 1 aromatic carbocycles. The molecule has 0 spiro atoms. The van der Waals surface area contributed by atoms with Crippen LogP contribution in [0.5, 0.6) is 0 Å². The largest absolute Gasteiger partial charge is 0.301 e. The zero-order valence-electron chi connectivity index (χ0n) is 11.9. The van der Waals surface area contributed by atoms with E-state index < -0.39 is 0 Å². The first-order valence-corrected chi connectivity index (χ1v) is 7.30. The Morgan fingerprint density at radius 3 is 2.90 bits per heavy atom. The highest BCUT2D eigenvalue weighted by Gasteiger charge is 2.25. The van der Waals surface area contributed by atoms with E-state index in [9.17, 15) is 4.79 Å². The first-order chi connectivity index (χ1) is 10.2. The fourth-order valence-electron chi connectivity index (χ4n) is 3.05. The quantitative estimate of drug-likeness (QED) is 0.743. The smallest absolute Gasteiger partial charge is 0.281 e. The Balaban J connectivity index is 1.98. The molecule has 1 N–H and O–H groups in total. The molecule has 1 aliphatic carbocycles. The first kappa shape index (κ1) is 12.3. The summed E-state index contributed by atoms with van der Waals surface area (Å²) in [7, 11) is 0. The molecule has 106 valence electrons. The van der Waals surface area contributed by atoms with Crippen LogP contribution in [-0.2, 0) is 12.8 Å². The van der Waals surface area contributed by atoms with Crippen molar-refractivity contribution < 1.29 is 0 Å². The van der Waals surface area contributed by atoms with Gasteiger partial charge >= 0.3 is 5.56 Å². The highest BCUT2D eigenvalue weighted by molar-refractivity contribution is 5.61. The van der Waals surface area contributed by atoms with Crippen molar-refractivity contribution in [2.75, 3.05) is 0 Å². The number of H-pyrrole nitrogens is 1. The number of nitrogens with zero attached hydrogens (tertiary/aromatic N) is 3. The molecule has 0 bridgehead atoms. The molecule has 3 aliphatic rings. The monoisotopic (exact) mass is 280 g/mol. The third kappa shape index (κ3) is 1.88. The van der Waals surface area contributed by atoms with Crippen molar-refractivity contribution in [2.24, 2.45) is 0 Å². The van der Waals surface area contributed by atoms with Gasteiger partial charge in [0.25, 0.3) is 0 Å². The molecule has 5 heteroatoms. The number of hydrogen-bond acceptors (Lipinski definition) is 3. The summed E-state index contributed by atoms with van der Waals surface area (Å²) in [6, 6.07) is 7.80. The van der Waals surface area contributed by atoms with Crippen LogP contribution >= 0.6 is 0 Å². The lowest BCUT2D eigenvalue weighted by Crippen LogP contribution is -2.16. The third-order valence-corrected chi connectivity index (χ3v) is 4.12. The van der Waals surface area contributed by atoms with Crippen LogP contribution in [0.15, 0.2) is 29.1 Å². The van der Waals surface area contributed by atoms with Gasteiger partial charge in [0.15, 0.2) is 5.69 Å². The summed E-state index contributed by atoms with van der Waals surface area (Å²) in [5.41, 5.74) is 5.24. The number of fused-ring (bicyclic) bond motifs is 3. The van der Waals surface area contributed by atoms with Crippen molar-refractivity contribution in [3.8, 4) is 17.1 Å². The molecule has 4 rings (SSSR count). The third-order valence-electron chi connectivity index (χ3n) is 4.12. The van der Waals surface area contributed by atoms with E-state index in [4.69, 9.17) is 0 Å². The number of nitrogens with one attached hydrogen (secondary N) is 1. The topological polar surface area (TPSA) is 63.6 Å². The van der Waals surface area contributed by atoms with Gasteiger partial charge in [0, 0.05) is 11.3 Å². The van der Waals surface area contributed by atoms with Crippen molar-refractivity contribution in [3.63, 3.8) is 0 Å². The second kappa shape index (κ2) is 4.55. The molecule has 0 fully saturated rings. The van der Waals surface area contributed by atoms with E-state index in [-0.39, 0.29) is 5.56 Å². The molecule has 0 saturated heterocycles. The molecule has 5 nitrogen and oxygen atoms in total. The Labute approximate surface area is 122 Å². The minimum Gasteiger partial charge on any atom is -0.281 e. The Morgan fingerprint density at radius 1 is 1.19 bits per heavy atom. The number of aryl methyl sites for hydroxylation is 2. The van der Waals surface area contributed by atoms with E-state index in [0.29, 0.717) is 5.69 Å². The van der Waals surface area contributed by atoms with Crippen LogP contribution in [-0.4, -0.2) is 20.0 Å². The molecule has 21 heavy (non-hydrogen) atoms. The zero-order valence-corrected chi connectivity index (χ0v) is 11.9. The van der Waals surface area contributed by atoms with Crippen molar-refractivity contribution in [3.05, 3.63) is 51.4 Å². The van der Waals surface area contributed by atoms with Gasteiger partial charge in [-0.05, 0) is 50.3 Å². The lowest BCUT2D eigenvalue weighted by Gasteiger charge is -2.16. The molecule has 0 atom stereocenters. The number of benzene rings is 1. The Kier molecular flexibility index (Phi) is 2.67. The average Bonchev–Trinajstić information content (AvgIpc) is 2.85. The van der Waals surface area contributed by atoms with Crippen LogP contribution in [0, 0.1) is 6.92 Å². The molecular formula is C16H16N4O. The van der Waals surface area contributed by atoms with Crippen LogP contribution in [0.25, 0.3) is 17.1 Å². The molecule has 0 aromatic heterocycles. The van der Waals surface area contributed by atoms with Crippen molar-refractivity contribution in [1.29, 1.82) is 0 Å². The van der Waals surface area contributed by atoms with E-state index in [0.717, 1.165) is 47.5 Å². The number of aromatic amines is 1. The van der Waals surface area contributed by atoms with Crippen molar-refractivity contribution in [2.45, 2.75) is 32.6 Å². The van der Waals surface area contributed by atoms with Crippen LogP contribution in [0.4, 0.5) is 0 Å². The molecule has 2 heterocycles. The predicted octanol–water partition coefficient (Wildman–Crippen LogP) is 2.25. The summed E-state index contributed by atoms with van der Waals surface area (Å²) < 4.78 is 1.47. The van der Waals surface area contributed by atoms with E-state index >= 15 is 0 Å². The lowest BCUT2D eigenvalue weighted by atomic mass is 9.94. The van der Waals surface area contributed by atoms with Gasteiger partial charge < -0.3 is 0 Å². The van der Waals surface area contributed by atoms with Gasteiger partial charge in [0.2, 0.25) is 0 Å². The Hall–Kier alpha value is -2.43. The summed E-state index contributed by atoms with van der Waals surface area (Å²) in [5, 5.41) is 11.8. The molecule has 2 aliphatic heterocycles.